The fourth-order valence-electron chi connectivity index (χ4n) is 15.6. The molecular weight excluding hydrogens is 1190 g/mol. The Morgan fingerprint density at radius 2 is 0.616 bits per heavy atom. The first-order chi connectivity index (χ1) is 46.9. The molecular formula is C96H95BN2. The molecule has 2 aliphatic rings. The Morgan fingerprint density at radius 3 is 1.10 bits per heavy atom. The van der Waals surface area contributed by atoms with Crippen LogP contribution in [0.25, 0.3) is 105 Å². The zero-order chi connectivity index (χ0) is 69.6. The summed E-state index contributed by atoms with van der Waals surface area (Å²) in [6.07, 6.45) is 0. The molecule has 99 heavy (non-hydrogen) atoms. The van der Waals surface area contributed by atoms with E-state index >= 15 is 0 Å². The van der Waals surface area contributed by atoms with E-state index in [1.807, 2.05) is 0 Å². The predicted octanol–water partition coefficient (Wildman–Crippen LogP) is 24.9. The molecule has 0 radical (unpaired) electrons. The van der Waals surface area contributed by atoms with E-state index in [-0.39, 0.29) is 39.2 Å². The number of benzene rings is 12. The van der Waals surface area contributed by atoms with Gasteiger partial charge in [0.1, 0.15) is 0 Å². The van der Waals surface area contributed by atoms with Crippen LogP contribution >= 0.6 is 0 Å². The largest absolute Gasteiger partial charge is 0.310 e. The van der Waals surface area contributed by atoms with Crippen molar-refractivity contribution >= 4 is 83.5 Å². The molecule has 2 nitrogen and oxygen atoms in total. The molecule has 0 spiro atoms. The Bertz CT molecular complexity index is 5340. The minimum absolute atomic E-state index is 0.0108. The Kier molecular flexibility index (Phi) is 15.5. The van der Waals surface area contributed by atoms with Crippen molar-refractivity contribution in [1.82, 2.24) is 4.57 Å². The van der Waals surface area contributed by atoms with Gasteiger partial charge >= 0.3 is 0 Å². The summed E-state index contributed by atoms with van der Waals surface area (Å²) < 4.78 is 2.73. The standard InChI is InChI=1S/C96H95BN2/c1-91(2,3)68-44-41-60(42-45-68)66-51-81-77-38-28-26-36-75(77)74-35-25-27-37-76(74)78-39-29-30-40-84(78)98-86-54-67(65-49-71(94(10,11)12)57-72(50-65)95(13,14)15)55-87-88(86)97(83(52-66)90(81)98)82-46-43-63(64-47-69(92(4,5)6)56-70(48-64)93(7,8)9)53-85(82)99(87)89-79(61-31-21-19-22-32-61)58-73(96(16,17)18)59-80(89)62-33-23-20-24-34-62/h19-59H,1-18H3. The fourth-order valence-corrected chi connectivity index (χ4v) is 15.6. The van der Waals surface area contributed by atoms with Crippen LogP contribution in [0.3, 0.4) is 0 Å². The third-order valence-corrected chi connectivity index (χ3v) is 21.5. The lowest BCUT2D eigenvalue weighted by molar-refractivity contribution is 0.568. The number of anilines is 3. The van der Waals surface area contributed by atoms with Gasteiger partial charge < -0.3 is 9.47 Å². The van der Waals surface area contributed by atoms with Gasteiger partial charge in [0.15, 0.2) is 0 Å². The van der Waals surface area contributed by atoms with Crippen LogP contribution in [0.4, 0.5) is 17.1 Å². The number of para-hydroxylation sites is 1. The molecule has 0 unspecified atom stereocenters. The molecule has 0 aliphatic carbocycles. The summed E-state index contributed by atoms with van der Waals surface area (Å²) in [5.74, 6) is 0. The quantitative estimate of drug-likeness (QED) is 0.151. The zero-order valence-corrected chi connectivity index (χ0v) is 61.6. The second-order valence-electron chi connectivity index (χ2n) is 34.7. The molecule has 0 bridgehead atoms. The van der Waals surface area contributed by atoms with Crippen LogP contribution in [0.15, 0.2) is 249 Å². The molecule has 3 heterocycles. The van der Waals surface area contributed by atoms with Crippen molar-refractivity contribution in [1.29, 1.82) is 0 Å². The molecule has 12 aromatic carbocycles. The summed E-state index contributed by atoms with van der Waals surface area (Å²) in [5.41, 5.74) is 30.0. The highest BCUT2D eigenvalue weighted by molar-refractivity contribution is 7.00. The molecule has 492 valence electrons. The van der Waals surface area contributed by atoms with Gasteiger partial charge in [0.2, 0.25) is 0 Å². The lowest BCUT2D eigenvalue weighted by atomic mass is 9.33. The van der Waals surface area contributed by atoms with E-state index in [0.29, 0.717) is 0 Å². The van der Waals surface area contributed by atoms with Gasteiger partial charge in [0.25, 0.3) is 6.71 Å². The minimum Gasteiger partial charge on any atom is -0.310 e. The van der Waals surface area contributed by atoms with Gasteiger partial charge in [-0.25, -0.2) is 0 Å². The van der Waals surface area contributed by atoms with Crippen LogP contribution in [0.1, 0.15) is 158 Å². The van der Waals surface area contributed by atoms with Crippen LogP contribution in [0.5, 0.6) is 0 Å². The molecule has 0 N–H and O–H groups in total. The second-order valence-corrected chi connectivity index (χ2v) is 34.7. The van der Waals surface area contributed by atoms with Gasteiger partial charge in [-0.2, -0.15) is 0 Å². The van der Waals surface area contributed by atoms with Crippen molar-refractivity contribution in [3.8, 4) is 61.3 Å². The molecule has 1 aromatic heterocycles. The van der Waals surface area contributed by atoms with Crippen LogP contribution in [0, 0.1) is 0 Å². The van der Waals surface area contributed by atoms with Crippen LogP contribution in [-0.2, 0) is 32.5 Å². The highest BCUT2D eigenvalue weighted by atomic mass is 15.2. The summed E-state index contributed by atoms with van der Waals surface area (Å²) in [6.45, 7) is 42.2. The van der Waals surface area contributed by atoms with Gasteiger partial charge in [-0.3, -0.25) is 0 Å². The number of hydrogen-bond donors (Lipinski definition) is 0. The van der Waals surface area contributed by atoms with E-state index in [2.05, 4.69) is 383 Å². The van der Waals surface area contributed by atoms with Crippen molar-refractivity contribution in [2.24, 2.45) is 0 Å². The molecule has 0 atom stereocenters. The summed E-state index contributed by atoms with van der Waals surface area (Å²) in [7, 11) is 0. The van der Waals surface area contributed by atoms with Crippen molar-refractivity contribution in [3.63, 3.8) is 0 Å². The van der Waals surface area contributed by atoms with Crippen LogP contribution in [-0.4, -0.2) is 11.3 Å². The molecule has 0 saturated heterocycles. The molecule has 13 aromatic rings. The van der Waals surface area contributed by atoms with E-state index in [0.717, 1.165) is 16.9 Å². The number of aromatic nitrogens is 1. The van der Waals surface area contributed by atoms with Crippen molar-refractivity contribution in [2.75, 3.05) is 4.90 Å². The van der Waals surface area contributed by atoms with E-state index in [1.165, 1.54) is 155 Å². The minimum atomic E-state index is -0.239. The Hall–Kier alpha value is -9.70. The molecule has 0 amide bonds. The summed E-state index contributed by atoms with van der Waals surface area (Å²) in [5, 5.41) is 7.24. The van der Waals surface area contributed by atoms with E-state index in [1.54, 1.807) is 0 Å². The second kappa shape index (κ2) is 23.5. The number of fused-ring (bicyclic) bond motifs is 11. The van der Waals surface area contributed by atoms with E-state index < -0.39 is 0 Å². The third kappa shape index (κ3) is 11.6. The topological polar surface area (TPSA) is 8.17 Å². The first kappa shape index (κ1) is 65.3. The molecule has 15 rings (SSSR count). The zero-order valence-electron chi connectivity index (χ0n) is 61.6. The van der Waals surface area contributed by atoms with Crippen molar-refractivity contribution in [3.05, 3.63) is 282 Å². The first-order valence-electron chi connectivity index (χ1n) is 36.0. The van der Waals surface area contributed by atoms with Crippen molar-refractivity contribution < 1.29 is 0 Å². The number of rotatable bonds is 6. The highest BCUT2D eigenvalue weighted by Gasteiger charge is 2.44. The molecule has 2 aliphatic heterocycles. The lowest BCUT2D eigenvalue weighted by Crippen LogP contribution is -2.60. The number of hydrogen-bond acceptors (Lipinski definition) is 1. The summed E-state index contributed by atoms with van der Waals surface area (Å²) in [6, 6.07) is 97.6. The van der Waals surface area contributed by atoms with Gasteiger partial charge in [0, 0.05) is 44.5 Å². The molecule has 3 heteroatoms. The van der Waals surface area contributed by atoms with Crippen LogP contribution in [0.2, 0.25) is 0 Å². The smallest absolute Gasteiger partial charge is 0.252 e. The van der Waals surface area contributed by atoms with Gasteiger partial charge in [-0.1, -0.05) is 331 Å². The summed E-state index contributed by atoms with van der Waals surface area (Å²) in [4.78, 5) is 2.76. The average molecular weight is 1290 g/mol. The maximum absolute atomic E-state index is 2.76. The predicted molar refractivity (Wildman–Crippen MR) is 432 cm³/mol. The first-order valence-corrected chi connectivity index (χ1v) is 36.0. The maximum Gasteiger partial charge on any atom is 0.252 e. The highest BCUT2D eigenvalue weighted by Crippen LogP contribution is 2.53. The Morgan fingerprint density at radius 1 is 0.242 bits per heavy atom. The summed E-state index contributed by atoms with van der Waals surface area (Å²) >= 11 is 0. The SMILES string of the molecule is CC(C)(C)c1ccc(-c2cc3c4c(c2)c2ccccc2c2ccccc2c2ccccc2n4-c2cc(-c4cc(C(C)(C)C)cc(C(C)(C)C)c4)cc4c2B3c2ccc(-c3cc(C(C)(C)C)cc(C(C)(C)C)c3)cc2N4c2c(-c3ccccc3)cc(C(C)(C)C)cc2-c2ccccc2)cc1. The van der Waals surface area contributed by atoms with E-state index in [9.17, 15) is 0 Å². The van der Waals surface area contributed by atoms with Crippen LogP contribution < -0.4 is 21.3 Å². The Labute approximate surface area is 589 Å². The Balaban J connectivity index is 1.22. The van der Waals surface area contributed by atoms with E-state index in [4.69, 9.17) is 0 Å². The van der Waals surface area contributed by atoms with Crippen molar-refractivity contribution in [2.45, 2.75) is 157 Å². The maximum atomic E-state index is 2.76. The normalized spacial score (nSPS) is 13.3. The van der Waals surface area contributed by atoms with Gasteiger partial charge in [-0.05, 0) is 191 Å². The average Bonchev–Trinajstić information content (AvgIpc) is 1.48. The number of nitrogens with zero attached hydrogens (tertiary/aromatic N) is 2. The molecule has 0 fully saturated rings. The monoisotopic (exact) mass is 1290 g/mol. The van der Waals surface area contributed by atoms with Gasteiger partial charge in [-0.15, -0.1) is 0 Å². The van der Waals surface area contributed by atoms with Gasteiger partial charge in [0.05, 0.1) is 11.2 Å². The lowest BCUT2D eigenvalue weighted by Gasteiger charge is -2.43. The third-order valence-electron chi connectivity index (χ3n) is 21.5. The molecule has 0 saturated carbocycles. The fraction of sp³-hybridized carbons (Fsp3) is 0.250.